The Balaban J connectivity index is 1.66. The van der Waals surface area contributed by atoms with Gasteiger partial charge in [0.25, 0.3) is 11.6 Å². The van der Waals surface area contributed by atoms with Gasteiger partial charge in [-0.3, -0.25) is 19.7 Å². The van der Waals surface area contributed by atoms with E-state index in [0.29, 0.717) is 30.6 Å². The van der Waals surface area contributed by atoms with Gasteiger partial charge in [-0.2, -0.15) is 0 Å². The van der Waals surface area contributed by atoms with E-state index in [1.165, 1.54) is 18.2 Å². The van der Waals surface area contributed by atoms with Crippen LogP contribution in [0.4, 0.5) is 5.69 Å². The van der Waals surface area contributed by atoms with Crippen molar-refractivity contribution in [2.75, 3.05) is 6.54 Å². The van der Waals surface area contributed by atoms with Crippen LogP contribution in [0.2, 0.25) is 0 Å². The lowest BCUT2D eigenvalue weighted by Crippen LogP contribution is -2.45. The minimum absolute atomic E-state index is 0.0315. The summed E-state index contributed by atoms with van der Waals surface area (Å²) in [6.07, 6.45) is 1.37. The van der Waals surface area contributed by atoms with Gasteiger partial charge in [-0.1, -0.05) is 12.1 Å². The first-order chi connectivity index (χ1) is 14.8. The first-order valence-electron chi connectivity index (χ1n) is 10.4. The fourth-order valence-electron chi connectivity index (χ4n) is 3.75. The summed E-state index contributed by atoms with van der Waals surface area (Å²) in [5, 5.41) is 13.9. The first kappa shape index (κ1) is 22.3. The predicted molar refractivity (Wildman–Crippen MR) is 116 cm³/mol. The van der Waals surface area contributed by atoms with Crippen molar-refractivity contribution in [3.8, 4) is 5.75 Å². The molecule has 0 aliphatic carbocycles. The molecule has 1 N–H and O–H groups in total. The topological polar surface area (TPSA) is 102 Å². The summed E-state index contributed by atoms with van der Waals surface area (Å²) in [4.78, 5) is 37.9. The maximum absolute atomic E-state index is 13.0. The second kappa shape index (κ2) is 9.59. The third-order valence-electron chi connectivity index (χ3n) is 5.19. The highest BCUT2D eigenvalue weighted by Crippen LogP contribution is 2.24. The molecule has 1 atom stereocenters. The van der Waals surface area contributed by atoms with Crippen LogP contribution in [0.15, 0.2) is 42.5 Å². The van der Waals surface area contributed by atoms with Crippen molar-refractivity contribution in [2.45, 2.75) is 52.3 Å². The minimum atomic E-state index is -0.557. The molecule has 0 aromatic heterocycles. The number of hydrogen-bond acceptors (Lipinski definition) is 5. The Kier molecular flexibility index (Phi) is 6.89. The molecule has 2 amide bonds. The summed E-state index contributed by atoms with van der Waals surface area (Å²) in [6.45, 7) is 6.31. The molecule has 2 aromatic rings. The summed E-state index contributed by atoms with van der Waals surface area (Å²) < 4.78 is 5.68. The number of nitrogens with one attached hydrogen (secondary N) is 1. The number of nitrogens with zero attached hydrogens (tertiary/aromatic N) is 2. The number of aryl methyl sites for hydroxylation is 1. The number of carbonyl (C=O) groups is 2. The number of nitro benzene ring substituents is 1. The Hall–Kier alpha value is -3.42. The van der Waals surface area contributed by atoms with Crippen molar-refractivity contribution < 1.29 is 19.2 Å². The molecule has 1 aliphatic rings. The number of nitro groups is 1. The molecule has 1 fully saturated rings. The molecule has 0 spiro atoms. The summed E-state index contributed by atoms with van der Waals surface area (Å²) >= 11 is 0. The van der Waals surface area contributed by atoms with E-state index in [0.717, 1.165) is 17.7 Å². The highest BCUT2D eigenvalue weighted by atomic mass is 16.6. The van der Waals surface area contributed by atoms with Gasteiger partial charge in [0.05, 0.1) is 11.0 Å². The normalized spacial score (nSPS) is 15.7. The molecule has 0 bridgehead atoms. The average Bonchev–Trinajstić information content (AvgIpc) is 3.21. The smallest absolute Gasteiger partial charge is 0.272 e. The van der Waals surface area contributed by atoms with Gasteiger partial charge in [0, 0.05) is 30.3 Å². The quantitative estimate of drug-likeness (QED) is 0.539. The molecule has 3 rings (SSSR count). The zero-order valence-corrected chi connectivity index (χ0v) is 18.0. The third-order valence-corrected chi connectivity index (χ3v) is 5.19. The maximum atomic E-state index is 13.0. The molecule has 8 nitrogen and oxygen atoms in total. The Labute approximate surface area is 181 Å². The molecule has 1 saturated heterocycles. The number of hydrogen-bond donors (Lipinski definition) is 1. The molecular formula is C23H27N3O5. The van der Waals surface area contributed by atoms with E-state index in [1.807, 2.05) is 38.1 Å². The third kappa shape index (κ3) is 5.39. The average molecular weight is 425 g/mol. The van der Waals surface area contributed by atoms with Gasteiger partial charge in [-0.25, -0.2) is 0 Å². The molecule has 0 radical (unpaired) electrons. The highest BCUT2D eigenvalue weighted by Gasteiger charge is 2.34. The molecule has 1 unspecified atom stereocenters. The van der Waals surface area contributed by atoms with Crippen LogP contribution in [0.1, 0.15) is 48.2 Å². The second-order valence-electron chi connectivity index (χ2n) is 7.95. The molecule has 1 heterocycles. The molecular weight excluding hydrogens is 398 g/mol. The molecule has 1 aliphatic heterocycles. The van der Waals surface area contributed by atoms with Crippen molar-refractivity contribution in [2.24, 2.45) is 0 Å². The van der Waals surface area contributed by atoms with Crippen LogP contribution in [0.25, 0.3) is 0 Å². The summed E-state index contributed by atoms with van der Waals surface area (Å²) in [5.41, 5.74) is 1.64. The number of amides is 2. The molecule has 31 heavy (non-hydrogen) atoms. The van der Waals surface area contributed by atoms with Gasteiger partial charge >= 0.3 is 0 Å². The molecule has 164 valence electrons. The van der Waals surface area contributed by atoms with Crippen molar-refractivity contribution in [3.05, 3.63) is 69.3 Å². The standard InChI is InChI=1S/C23H27N3O5/c1-15(2)31-19-7-4-6-17(13-19)14-24-22(27)21-8-5-11-25(21)23(28)18-9-10-20(26(29)30)16(3)12-18/h4,6-7,9-10,12-13,15,21H,5,8,11,14H2,1-3H3,(H,24,27). The van der Waals surface area contributed by atoms with E-state index in [1.54, 1.807) is 11.8 Å². The monoisotopic (exact) mass is 425 g/mol. The van der Waals surface area contributed by atoms with Gasteiger partial charge < -0.3 is 15.0 Å². The Morgan fingerprint density at radius 1 is 1.26 bits per heavy atom. The van der Waals surface area contributed by atoms with Crippen LogP contribution in [-0.4, -0.2) is 40.3 Å². The second-order valence-corrected chi connectivity index (χ2v) is 7.95. The van der Waals surface area contributed by atoms with Gasteiger partial charge in [-0.05, 0) is 63.4 Å². The van der Waals surface area contributed by atoms with Crippen molar-refractivity contribution in [1.29, 1.82) is 0 Å². The number of rotatable bonds is 7. The molecule has 2 aromatic carbocycles. The van der Waals surface area contributed by atoms with Crippen LogP contribution in [0.5, 0.6) is 5.75 Å². The lowest BCUT2D eigenvalue weighted by atomic mass is 10.1. The lowest BCUT2D eigenvalue weighted by molar-refractivity contribution is -0.385. The van der Waals surface area contributed by atoms with E-state index in [4.69, 9.17) is 4.74 Å². The van der Waals surface area contributed by atoms with Gasteiger partial charge in [-0.15, -0.1) is 0 Å². The van der Waals surface area contributed by atoms with E-state index in [9.17, 15) is 19.7 Å². The summed E-state index contributed by atoms with van der Waals surface area (Å²) in [5.74, 6) is 0.246. The fraction of sp³-hybridized carbons (Fsp3) is 0.391. The number of benzene rings is 2. The molecule has 0 saturated carbocycles. The Morgan fingerprint density at radius 3 is 2.71 bits per heavy atom. The lowest BCUT2D eigenvalue weighted by Gasteiger charge is -2.24. The van der Waals surface area contributed by atoms with E-state index < -0.39 is 11.0 Å². The van der Waals surface area contributed by atoms with E-state index >= 15 is 0 Å². The van der Waals surface area contributed by atoms with Gasteiger partial charge in [0.1, 0.15) is 11.8 Å². The SMILES string of the molecule is Cc1cc(C(=O)N2CCCC2C(=O)NCc2cccc(OC(C)C)c2)ccc1[N+](=O)[O-]. The van der Waals surface area contributed by atoms with Crippen LogP contribution in [0, 0.1) is 17.0 Å². The number of carbonyl (C=O) groups excluding carboxylic acids is 2. The summed E-state index contributed by atoms with van der Waals surface area (Å²) in [7, 11) is 0. The zero-order chi connectivity index (χ0) is 22.5. The fourth-order valence-corrected chi connectivity index (χ4v) is 3.75. The summed E-state index contributed by atoms with van der Waals surface area (Å²) in [6, 6.07) is 11.3. The van der Waals surface area contributed by atoms with Crippen LogP contribution in [-0.2, 0) is 11.3 Å². The van der Waals surface area contributed by atoms with E-state index in [-0.39, 0.29) is 23.6 Å². The van der Waals surface area contributed by atoms with Crippen LogP contribution < -0.4 is 10.1 Å². The van der Waals surface area contributed by atoms with E-state index in [2.05, 4.69) is 5.32 Å². The van der Waals surface area contributed by atoms with Crippen molar-refractivity contribution in [1.82, 2.24) is 10.2 Å². The van der Waals surface area contributed by atoms with Crippen LogP contribution in [0.3, 0.4) is 0 Å². The van der Waals surface area contributed by atoms with Gasteiger partial charge in [0.15, 0.2) is 0 Å². The molecule has 8 heteroatoms. The van der Waals surface area contributed by atoms with Crippen molar-refractivity contribution >= 4 is 17.5 Å². The first-order valence-corrected chi connectivity index (χ1v) is 10.4. The highest BCUT2D eigenvalue weighted by molar-refractivity contribution is 5.98. The Bertz CT molecular complexity index is 989. The minimum Gasteiger partial charge on any atom is -0.491 e. The van der Waals surface area contributed by atoms with Gasteiger partial charge in [0.2, 0.25) is 5.91 Å². The largest absolute Gasteiger partial charge is 0.491 e. The zero-order valence-electron chi connectivity index (χ0n) is 18.0. The van der Waals surface area contributed by atoms with Crippen molar-refractivity contribution in [3.63, 3.8) is 0 Å². The predicted octanol–water partition coefficient (Wildman–Crippen LogP) is 3.61. The van der Waals surface area contributed by atoms with Crippen LogP contribution >= 0.6 is 0 Å². The maximum Gasteiger partial charge on any atom is 0.272 e. The Morgan fingerprint density at radius 2 is 2.03 bits per heavy atom. The number of ether oxygens (including phenoxy) is 1. The number of likely N-dealkylation sites (tertiary alicyclic amines) is 1.